The second kappa shape index (κ2) is 20.6. The molecule has 13 rings (SSSR count). The molecule has 0 aliphatic carbocycles. The predicted octanol–water partition coefficient (Wildman–Crippen LogP) is 15.8. The molecule has 8 heteroatoms. The summed E-state index contributed by atoms with van der Waals surface area (Å²) in [5.74, 6) is 1.55. The number of fused-ring (bicyclic) bond motifs is 1. The maximum absolute atomic E-state index is 5.03. The van der Waals surface area contributed by atoms with E-state index in [1.165, 1.54) is 5.56 Å². The third kappa shape index (κ3) is 9.21. The molecule has 0 spiro atoms. The van der Waals surface area contributed by atoms with Gasteiger partial charge in [-0.2, -0.15) is 0 Å². The smallest absolute Gasteiger partial charge is 0.341 e. The van der Waals surface area contributed by atoms with Gasteiger partial charge in [0.05, 0.1) is 0 Å². The van der Waals surface area contributed by atoms with Gasteiger partial charge in [0.25, 0.3) is 0 Å². The van der Waals surface area contributed by atoms with E-state index >= 15 is 0 Å². The van der Waals surface area contributed by atoms with E-state index in [-0.39, 0.29) is 20.1 Å². The topological polar surface area (TPSA) is 74.3 Å². The third-order valence-electron chi connectivity index (χ3n) is 13.5. The van der Waals surface area contributed by atoms with Crippen LogP contribution in [-0.4, -0.2) is 34.1 Å². The monoisotopic (exact) mass is 1140 g/mol. The van der Waals surface area contributed by atoms with Gasteiger partial charge in [0.1, 0.15) is 11.6 Å². The third-order valence-corrected chi connectivity index (χ3v) is 13.5. The summed E-state index contributed by atoms with van der Waals surface area (Å²) >= 11 is 0. The molecule has 0 radical (unpaired) electrons. The van der Waals surface area contributed by atoms with Crippen LogP contribution in [0.5, 0.6) is 0 Å². The van der Waals surface area contributed by atoms with E-state index in [1.807, 2.05) is 79.5 Å². The molecule has 0 aliphatic rings. The van der Waals surface area contributed by atoms with Crippen LogP contribution >= 0.6 is 0 Å². The summed E-state index contributed by atoms with van der Waals surface area (Å²) < 4.78 is 4.22. The van der Waals surface area contributed by atoms with Crippen molar-refractivity contribution in [2.45, 2.75) is 0 Å². The fraction of sp³-hybridized carbons (Fsp3) is 0. The molecule has 0 bridgehead atoms. The van der Waals surface area contributed by atoms with Crippen molar-refractivity contribution in [3.63, 3.8) is 0 Å². The summed E-state index contributed by atoms with van der Waals surface area (Å²) in [7, 11) is 0. The van der Waals surface area contributed by atoms with Crippen LogP contribution in [0.15, 0.2) is 256 Å². The van der Waals surface area contributed by atoms with Crippen LogP contribution in [0.4, 0.5) is 0 Å². The Morgan fingerprint density at radius 1 is 0.320 bits per heavy atom. The van der Waals surface area contributed by atoms with E-state index in [0.29, 0.717) is 0 Å². The quantitative estimate of drug-likeness (QED) is 0.121. The van der Waals surface area contributed by atoms with Crippen molar-refractivity contribution in [2.75, 3.05) is 0 Å². The first-order valence-electron chi connectivity index (χ1n) is 24.4. The number of hydrogen-bond acceptors (Lipinski definition) is 5. The zero-order chi connectivity index (χ0) is 49.2. The van der Waals surface area contributed by atoms with E-state index < -0.39 is 0 Å². The first-order valence-corrected chi connectivity index (χ1v) is 24.4. The molecule has 354 valence electrons. The molecule has 7 nitrogen and oxygen atoms in total. The molecular formula is C67H42IrN7. The normalized spacial score (nSPS) is 11.1. The Bertz CT molecular complexity index is 3950. The molecule has 0 fully saturated rings. The molecule has 5 aromatic heterocycles. The van der Waals surface area contributed by atoms with Gasteiger partial charge in [-0.25, -0.2) is 9.97 Å². The van der Waals surface area contributed by atoms with Crippen molar-refractivity contribution in [1.29, 1.82) is 0 Å². The minimum atomic E-state index is 0. The molecule has 8 aromatic carbocycles. The molecule has 75 heavy (non-hydrogen) atoms. The average molecular weight is 1140 g/mol. The van der Waals surface area contributed by atoms with Crippen LogP contribution in [0.1, 0.15) is 0 Å². The SMILES string of the molecule is [Ir+3].[c-]1cc(-n2ccnc2-c2cc(-c3ccccc3-c3c[c-]c(-c4nccc5ccccc45)cc3-c3ccc(-c4ccccc4)cc3)cc(-c3nccn3-c3c[c-]c(-c4ccccn4)cc3)c2)ccc1-c1ccccn1. The average Bonchev–Trinajstić information content (AvgIpc) is 4.20. The van der Waals surface area contributed by atoms with Crippen molar-refractivity contribution in [2.24, 2.45) is 0 Å². The Morgan fingerprint density at radius 3 is 1.48 bits per heavy atom. The Hall–Kier alpha value is -9.46. The van der Waals surface area contributed by atoms with E-state index in [0.717, 1.165) is 118 Å². The molecule has 0 saturated carbocycles. The number of benzene rings is 8. The van der Waals surface area contributed by atoms with Gasteiger partial charge in [-0.15, -0.1) is 83.4 Å². The number of aromatic nitrogens is 7. The fourth-order valence-corrected chi connectivity index (χ4v) is 9.85. The van der Waals surface area contributed by atoms with Gasteiger partial charge in [-0.05, 0) is 103 Å². The summed E-state index contributed by atoms with van der Waals surface area (Å²) in [6.07, 6.45) is 13.2. The van der Waals surface area contributed by atoms with Crippen LogP contribution in [0.25, 0.3) is 123 Å². The molecule has 0 N–H and O–H groups in total. The van der Waals surface area contributed by atoms with Crippen molar-refractivity contribution >= 4 is 10.8 Å². The standard InChI is InChI=1S/C67H42N7.Ir/c1-2-12-46(13-3-1)47-20-22-49(23-21-47)62-45-52(65-59-16-5-4-14-48(59)34-37-70-65)28-33-61(62)60-17-7-6-15-58(60)53-42-54(66-71-38-40-73(66)56-29-24-50(25-30-56)63-18-8-10-35-68-63)44-55(43-53)67-72-39-41-74(67)57-31-26-51(27-32-57)64-19-9-11-36-69-64;/h1-24,26,29-45H;/q-3;+3. The zero-order valence-corrected chi connectivity index (χ0v) is 42.6. The Morgan fingerprint density at radius 2 is 0.867 bits per heavy atom. The first-order chi connectivity index (χ1) is 36.7. The van der Waals surface area contributed by atoms with E-state index in [2.05, 4.69) is 201 Å². The number of imidazole rings is 2. The van der Waals surface area contributed by atoms with Crippen LogP contribution in [-0.2, 0) is 20.1 Å². The molecule has 5 heterocycles. The Kier molecular flexibility index (Phi) is 12.8. The second-order valence-corrected chi connectivity index (χ2v) is 17.9. The molecule has 0 aliphatic heterocycles. The van der Waals surface area contributed by atoms with Gasteiger partial charge >= 0.3 is 20.1 Å². The van der Waals surface area contributed by atoms with E-state index in [1.54, 1.807) is 12.4 Å². The number of rotatable bonds is 11. The van der Waals surface area contributed by atoms with Gasteiger partial charge in [-0.1, -0.05) is 144 Å². The van der Waals surface area contributed by atoms with Crippen molar-refractivity contribution in [3.8, 4) is 112 Å². The number of pyridine rings is 3. The van der Waals surface area contributed by atoms with Crippen molar-refractivity contribution < 1.29 is 20.1 Å². The van der Waals surface area contributed by atoms with Gasteiger partial charge in [0.2, 0.25) is 0 Å². The molecule has 0 unspecified atom stereocenters. The molecule has 0 atom stereocenters. The Labute approximate surface area is 448 Å². The molecular weight excluding hydrogens is 1100 g/mol. The van der Waals surface area contributed by atoms with Gasteiger partial charge in [0, 0.05) is 54.5 Å². The maximum atomic E-state index is 5.03. The van der Waals surface area contributed by atoms with Crippen LogP contribution in [0, 0.1) is 18.2 Å². The first kappa shape index (κ1) is 46.6. The number of hydrogen-bond donors (Lipinski definition) is 0. The summed E-state index contributed by atoms with van der Waals surface area (Å²) in [6.45, 7) is 0. The molecule has 0 saturated heterocycles. The van der Waals surface area contributed by atoms with E-state index in [9.17, 15) is 0 Å². The summed E-state index contributed by atoms with van der Waals surface area (Å²) in [4.78, 5) is 24.1. The summed E-state index contributed by atoms with van der Waals surface area (Å²) in [6, 6.07) is 84.3. The number of nitrogens with zero attached hydrogens (tertiary/aromatic N) is 7. The molecule has 0 amide bonds. The van der Waals surface area contributed by atoms with Gasteiger partial charge in [0.15, 0.2) is 0 Å². The largest absolute Gasteiger partial charge is 3.00 e. The summed E-state index contributed by atoms with van der Waals surface area (Å²) in [5, 5.41) is 2.21. The summed E-state index contributed by atoms with van der Waals surface area (Å²) in [5.41, 5.74) is 17.7. The minimum absolute atomic E-state index is 0. The van der Waals surface area contributed by atoms with Crippen LogP contribution in [0.3, 0.4) is 0 Å². The van der Waals surface area contributed by atoms with Crippen LogP contribution in [0.2, 0.25) is 0 Å². The minimum Gasteiger partial charge on any atom is -0.341 e. The van der Waals surface area contributed by atoms with Gasteiger partial charge < -0.3 is 24.1 Å². The van der Waals surface area contributed by atoms with Gasteiger partial charge in [-0.3, -0.25) is 0 Å². The fourth-order valence-electron chi connectivity index (χ4n) is 9.85. The zero-order valence-electron chi connectivity index (χ0n) is 40.2. The predicted molar refractivity (Wildman–Crippen MR) is 297 cm³/mol. The van der Waals surface area contributed by atoms with E-state index in [4.69, 9.17) is 15.0 Å². The van der Waals surface area contributed by atoms with Crippen molar-refractivity contribution in [3.05, 3.63) is 274 Å². The molecule has 13 aromatic rings. The Balaban J connectivity index is 0.00000569. The maximum Gasteiger partial charge on any atom is 3.00 e. The van der Waals surface area contributed by atoms with Crippen LogP contribution < -0.4 is 0 Å². The second-order valence-electron chi connectivity index (χ2n) is 17.9. The van der Waals surface area contributed by atoms with Crippen molar-refractivity contribution in [1.82, 2.24) is 34.1 Å².